The van der Waals surface area contributed by atoms with Crippen LogP contribution in [0.4, 0.5) is 0 Å². The number of likely N-dealkylation sites (N-methyl/N-ethyl adjacent to an activating group) is 3. The minimum absolute atomic E-state index is 0.0105. The summed E-state index contributed by atoms with van der Waals surface area (Å²) in [6.45, 7) is 21.6. The van der Waals surface area contributed by atoms with Crippen molar-refractivity contribution in [2.75, 3.05) is 99.9 Å². The average Bonchev–Trinajstić information content (AvgIpc) is 0.958. The first-order valence-corrected chi connectivity index (χ1v) is 53.5. The van der Waals surface area contributed by atoms with Crippen LogP contribution in [0.2, 0.25) is 0 Å². The van der Waals surface area contributed by atoms with Gasteiger partial charge >= 0.3 is 35.8 Å². The van der Waals surface area contributed by atoms with Gasteiger partial charge in [0, 0.05) is 97.4 Å². The van der Waals surface area contributed by atoms with E-state index in [1.54, 1.807) is 0 Å². The second-order valence-corrected chi connectivity index (χ2v) is 37.1. The Bertz CT molecular complexity index is 2170. The summed E-state index contributed by atoms with van der Waals surface area (Å²) in [4.78, 5) is 86.3. The van der Waals surface area contributed by atoms with Gasteiger partial charge in [0.2, 0.25) is 0 Å². The summed E-state index contributed by atoms with van der Waals surface area (Å²) in [5, 5.41) is 0. The summed E-state index contributed by atoms with van der Waals surface area (Å²) < 4.78 is 35.2. The second-order valence-electron chi connectivity index (χ2n) is 37.1. The van der Waals surface area contributed by atoms with E-state index in [1.807, 2.05) is 0 Å². The van der Waals surface area contributed by atoms with E-state index in [0.717, 1.165) is 232 Å². The molecule has 124 heavy (non-hydrogen) atoms. The number of carbonyl (C=O) groups excluding carboxylic acids is 6. The van der Waals surface area contributed by atoms with Gasteiger partial charge in [0.15, 0.2) is 0 Å². The summed E-state index contributed by atoms with van der Waals surface area (Å²) >= 11 is 0. The Balaban J connectivity index is 5.07. The number of carbonyl (C=O) groups is 6. The third-order valence-corrected chi connectivity index (χ3v) is 24.8. The van der Waals surface area contributed by atoms with E-state index in [9.17, 15) is 28.8 Å². The van der Waals surface area contributed by atoms with Crippen LogP contribution in [0, 0.1) is 0 Å². The highest BCUT2D eigenvalue weighted by atomic mass is 16.6. The Morgan fingerprint density at radius 3 is 0.645 bits per heavy atom. The van der Waals surface area contributed by atoms with Gasteiger partial charge in [0.1, 0.15) is 18.3 Å². The molecule has 0 aliphatic carbocycles. The lowest BCUT2D eigenvalue weighted by Crippen LogP contribution is -2.42. The van der Waals surface area contributed by atoms with Crippen molar-refractivity contribution in [3.63, 3.8) is 0 Å². The van der Waals surface area contributed by atoms with E-state index in [2.05, 4.69) is 119 Å². The summed E-state index contributed by atoms with van der Waals surface area (Å²) in [6, 6.07) is 0. The van der Waals surface area contributed by atoms with Crippen molar-refractivity contribution in [1.29, 1.82) is 0 Å². The van der Waals surface area contributed by atoms with Crippen LogP contribution in [-0.2, 0) is 57.2 Å². The molecule has 16 heteroatoms. The Morgan fingerprint density at radius 2 is 0.411 bits per heavy atom. The van der Waals surface area contributed by atoms with Gasteiger partial charge in [0.05, 0.1) is 39.1 Å². The number of rotatable bonds is 99. The molecule has 0 aromatic carbocycles. The number of unbranched alkanes of at least 4 members (excludes halogenated alkanes) is 51. The number of hydrogen-bond donors (Lipinski definition) is 0. The first-order chi connectivity index (χ1) is 60.7. The molecule has 0 heterocycles. The van der Waals surface area contributed by atoms with E-state index in [4.69, 9.17) is 28.4 Å². The maximum Gasteiger partial charge on any atom is 0.307 e. The molecule has 0 bridgehead atoms. The van der Waals surface area contributed by atoms with Crippen molar-refractivity contribution in [2.45, 2.75) is 522 Å². The zero-order valence-electron chi connectivity index (χ0n) is 83.3. The molecule has 728 valence electrons. The van der Waals surface area contributed by atoms with Crippen molar-refractivity contribution in [3.8, 4) is 0 Å². The molecule has 0 rings (SSSR count). The molecule has 3 atom stereocenters. The molecule has 0 saturated carbocycles. The predicted molar refractivity (Wildman–Crippen MR) is 525 cm³/mol. The third-order valence-electron chi connectivity index (χ3n) is 24.8. The molecule has 0 saturated heterocycles. The maximum atomic E-state index is 12.9. The van der Waals surface area contributed by atoms with Gasteiger partial charge in [-0.2, -0.15) is 0 Å². The zero-order chi connectivity index (χ0) is 90.4. The fourth-order valence-electron chi connectivity index (χ4n) is 16.1. The van der Waals surface area contributed by atoms with Crippen LogP contribution in [0.15, 0.2) is 36.5 Å². The highest BCUT2D eigenvalue weighted by Gasteiger charge is 2.19. The minimum atomic E-state index is -0.145. The molecule has 0 N–H and O–H groups in total. The molecule has 0 aromatic heterocycles. The van der Waals surface area contributed by atoms with E-state index in [-0.39, 0.29) is 54.1 Å². The fraction of sp³-hybridized carbons (Fsp3) is 0.889. The summed E-state index contributed by atoms with van der Waals surface area (Å²) in [6.07, 6.45) is 92.3. The first kappa shape index (κ1) is 120. The third kappa shape index (κ3) is 89.8. The van der Waals surface area contributed by atoms with Gasteiger partial charge in [-0.15, -0.1) is 0 Å². The van der Waals surface area contributed by atoms with Gasteiger partial charge < -0.3 is 43.1 Å². The molecule has 3 unspecified atom stereocenters. The predicted octanol–water partition coefficient (Wildman–Crippen LogP) is 29.3. The molecule has 0 amide bonds. The molecule has 0 aromatic rings. The Kier molecular flexibility index (Phi) is 93.2. The lowest BCUT2D eigenvalue weighted by Gasteiger charge is -2.29. The molecular weight excluding hydrogens is 1550 g/mol. The van der Waals surface area contributed by atoms with Crippen LogP contribution < -0.4 is 0 Å². The molecule has 0 spiro atoms. The standard InChI is InChI=1S/C108H204N4O12/c1-10-16-22-28-31-37-49-58-70-82-106(116)122-100(76-64-25-19-13-4)79-67-55-46-40-34-43-52-61-73-97-119-103(113)85-88-109(7)91-94-112(95-92-110(8)89-86-104(114)120-98-74-62-53-44-35-41-47-56-68-80-101(77-65-26-20-14-5)123-107(117)83-71-59-50-38-32-29-23-17-11-2)96-93-111(9)90-87-105(115)121-99-75-63-54-45-36-42-48-57-69-81-102(78-66-27-21-15-6)124-108(118)84-72-60-51-39-33-30-24-18-12-3/h55-57,67-69,100-102H,10-54,58-66,70-99H2,1-9H3/b67-55-,68-56-,69-57-. The van der Waals surface area contributed by atoms with Gasteiger partial charge in [0.25, 0.3) is 0 Å². The number of esters is 6. The number of nitrogens with zero attached hydrogens (tertiary/aromatic N) is 4. The second kappa shape index (κ2) is 96.4. The highest BCUT2D eigenvalue weighted by Crippen LogP contribution is 2.22. The van der Waals surface area contributed by atoms with E-state index >= 15 is 0 Å². The topological polar surface area (TPSA) is 171 Å². The van der Waals surface area contributed by atoms with Crippen molar-refractivity contribution < 1.29 is 57.2 Å². The fourth-order valence-corrected chi connectivity index (χ4v) is 16.1. The van der Waals surface area contributed by atoms with Gasteiger partial charge in [-0.05, 0) is 137 Å². The summed E-state index contributed by atoms with van der Waals surface area (Å²) in [7, 11) is 6.22. The lowest BCUT2D eigenvalue weighted by molar-refractivity contribution is -0.150. The number of hydrogen-bond acceptors (Lipinski definition) is 16. The van der Waals surface area contributed by atoms with Crippen LogP contribution in [0.5, 0.6) is 0 Å². The largest absolute Gasteiger partial charge is 0.466 e. The molecule has 0 aliphatic heterocycles. The Labute approximate surface area is 766 Å². The smallest absolute Gasteiger partial charge is 0.307 e. The highest BCUT2D eigenvalue weighted by molar-refractivity contribution is 5.71. The Morgan fingerprint density at radius 1 is 0.210 bits per heavy atom. The van der Waals surface area contributed by atoms with Crippen LogP contribution in [0.25, 0.3) is 0 Å². The zero-order valence-corrected chi connectivity index (χ0v) is 83.3. The number of allylic oxidation sites excluding steroid dienone is 3. The normalized spacial score (nSPS) is 12.7. The average molecular weight is 1750 g/mol. The van der Waals surface area contributed by atoms with Crippen molar-refractivity contribution >= 4 is 35.8 Å². The van der Waals surface area contributed by atoms with Gasteiger partial charge in [-0.25, -0.2) is 0 Å². The molecule has 0 radical (unpaired) electrons. The van der Waals surface area contributed by atoms with Crippen molar-refractivity contribution in [3.05, 3.63) is 36.5 Å². The molecule has 0 aliphatic rings. The van der Waals surface area contributed by atoms with Gasteiger partial charge in [-0.3, -0.25) is 33.7 Å². The number of ether oxygens (including phenoxy) is 6. The van der Waals surface area contributed by atoms with Crippen molar-refractivity contribution in [1.82, 2.24) is 19.6 Å². The van der Waals surface area contributed by atoms with Gasteiger partial charge in [-0.1, -0.05) is 367 Å². The SMILES string of the molecule is CCCCCCCCCCCC(=O)OC(C/C=C\CCCCCCCCOC(=O)CCN(C)CCN(CCN(C)CCC(=O)OCCCCCCCC/C=C\CC(CCCCCC)OC(=O)CCCCCCCCCCC)CCN(C)CCC(=O)OCCCCCCCC/C=C\CC(CCCCCC)OC(=O)CCCCCCCCCCC)CCCCCC. The lowest BCUT2D eigenvalue weighted by atomic mass is 10.1. The van der Waals surface area contributed by atoms with E-state index in [0.29, 0.717) is 78.0 Å². The molecular formula is C108H204N4O12. The molecule has 16 nitrogen and oxygen atoms in total. The van der Waals surface area contributed by atoms with E-state index < -0.39 is 0 Å². The monoisotopic (exact) mass is 1750 g/mol. The minimum Gasteiger partial charge on any atom is -0.466 e. The van der Waals surface area contributed by atoms with E-state index in [1.165, 1.54) is 231 Å². The van der Waals surface area contributed by atoms with Crippen LogP contribution in [0.1, 0.15) is 504 Å². The van der Waals surface area contributed by atoms with Crippen LogP contribution in [0.3, 0.4) is 0 Å². The maximum absolute atomic E-state index is 12.9. The quantitative estimate of drug-likeness (QED) is 0.0244. The van der Waals surface area contributed by atoms with Crippen LogP contribution >= 0.6 is 0 Å². The Hall–Kier alpha value is -4.12. The molecule has 0 fully saturated rings. The summed E-state index contributed by atoms with van der Waals surface area (Å²) in [5.74, 6) is -0.495. The first-order valence-electron chi connectivity index (χ1n) is 53.5. The summed E-state index contributed by atoms with van der Waals surface area (Å²) in [5.41, 5.74) is 0. The van der Waals surface area contributed by atoms with Crippen molar-refractivity contribution in [2.24, 2.45) is 0 Å². The van der Waals surface area contributed by atoms with Crippen LogP contribution in [-0.4, -0.2) is 174 Å².